The van der Waals surface area contributed by atoms with E-state index in [1.165, 1.54) is 0 Å². The summed E-state index contributed by atoms with van der Waals surface area (Å²) >= 11 is 5.73. The molecule has 0 radical (unpaired) electrons. The van der Waals surface area contributed by atoms with Crippen molar-refractivity contribution >= 4 is 17.5 Å². The van der Waals surface area contributed by atoms with Crippen molar-refractivity contribution in [3.8, 4) is 0 Å². The topological polar surface area (TPSA) is 33.5 Å². The molecule has 0 unspecified atom stereocenters. The SMILES string of the molecule is CC(C)CCN(CCC(C)C)C(=O)c1ccc(Cl)o1. The van der Waals surface area contributed by atoms with E-state index in [9.17, 15) is 4.79 Å². The van der Waals surface area contributed by atoms with Crippen LogP contribution in [0, 0.1) is 11.8 Å². The molecule has 0 fully saturated rings. The van der Waals surface area contributed by atoms with Crippen LogP contribution < -0.4 is 0 Å². The first-order chi connectivity index (χ1) is 8.90. The number of furan rings is 1. The highest BCUT2D eigenvalue weighted by Gasteiger charge is 2.19. The van der Waals surface area contributed by atoms with Gasteiger partial charge in [-0.1, -0.05) is 27.7 Å². The number of carbonyl (C=O) groups excluding carboxylic acids is 1. The number of hydrogen-bond acceptors (Lipinski definition) is 2. The molecular weight excluding hydrogens is 262 g/mol. The Bertz CT molecular complexity index is 387. The molecule has 1 aromatic rings. The summed E-state index contributed by atoms with van der Waals surface area (Å²) < 4.78 is 5.21. The first-order valence-corrected chi connectivity index (χ1v) is 7.32. The molecule has 3 nitrogen and oxygen atoms in total. The van der Waals surface area contributed by atoms with Gasteiger partial charge in [-0.25, -0.2) is 0 Å². The van der Waals surface area contributed by atoms with Crippen molar-refractivity contribution in [1.82, 2.24) is 4.90 Å². The average molecular weight is 286 g/mol. The van der Waals surface area contributed by atoms with Crippen molar-refractivity contribution < 1.29 is 9.21 Å². The standard InChI is InChI=1S/C15H24ClNO2/c1-11(2)7-9-17(10-8-12(3)4)15(18)13-5-6-14(16)19-13/h5-6,11-12H,7-10H2,1-4H3. The lowest BCUT2D eigenvalue weighted by atomic mass is 10.1. The summed E-state index contributed by atoms with van der Waals surface area (Å²) in [5, 5.41) is 0.260. The second kappa shape index (κ2) is 7.59. The third-order valence-corrected chi connectivity index (χ3v) is 3.23. The molecule has 0 N–H and O–H groups in total. The molecule has 1 heterocycles. The molecule has 0 aliphatic rings. The molecule has 0 aliphatic heterocycles. The Hall–Kier alpha value is -0.960. The molecule has 19 heavy (non-hydrogen) atoms. The van der Waals surface area contributed by atoms with E-state index >= 15 is 0 Å². The Morgan fingerprint density at radius 3 is 2.05 bits per heavy atom. The summed E-state index contributed by atoms with van der Waals surface area (Å²) in [6.07, 6.45) is 2.00. The van der Waals surface area contributed by atoms with E-state index in [1.54, 1.807) is 12.1 Å². The highest BCUT2D eigenvalue weighted by Crippen LogP contribution is 2.16. The van der Waals surface area contributed by atoms with Gasteiger partial charge in [-0.3, -0.25) is 4.79 Å². The van der Waals surface area contributed by atoms with Crippen LogP contribution in [-0.2, 0) is 0 Å². The molecule has 0 aliphatic carbocycles. The number of carbonyl (C=O) groups is 1. The van der Waals surface area contributed by atoms with Gasteiger partial charge in [-0.2, -0.15) is 0 Å². The van der Waals surface area contributed by atoms with Crippen LogP contribution in [0.5, 0.6) is 0 Å². The fraction of sp³-hybridized carbons (Fsp3) is 0.667. The molecule has 0 saturated heterocycles. The third kappa shape index (κ3) is 5.68. The van der Waals surface area contributed by atoms with Crippen molar-refractivity contribution in [2.24, 2.45) is 11.8 Å². The van der Waals surface area contributed by atoms with E-state index in [-0.39, 0.29) is 11.1 Å². The molecule has 1 aromatic heterocycles. The van der Waals surface area contributed by atoms with Crippen LogP contribution in [0.15, 0.2) is 16.5 Å². The summed E-state index contributed by atoms with van der Waals surface area (Å²) in [5.41, 5.74) is 0. The largest absolute Gasteiger partial charge is 0.440 e. The number of hydrogen-bond donors (Lipinski definition) is 0. The molecule has 1 amide bonds. The van der Waals surface area contributed by atoms with Gasteiger partial charge in [0.15, 0.2) is 11.0 Å². The van der Waals surface area contributed by atoms with Crippen molar-refractivity contribution in [2.45, 2.75) is 40.5 Å². The second-order valence-corrected chi connectivity index (χ2v) is 6.13. The van der Waals surface area contributed by atoms with Crippen LogP contribution in [0.2, 0.25) is 5.22 Å². The molecule has 0 saturated carbocycles. The monoisotopic (exact) mass is 285 g/mol. The Morgan fingerprint density at radius 2 is 1.68 bits per heavy atom. The molecule has 108 valence electrons. The maximum absolute atomic E-state index is 12.4. The van der Waals surface area contributed by atoms with Crippen LogP contribution in [0.3, 0.4) is 0 Å². The lowest BCUT2D eigenvalue weighted by molar-refractivity contribution is 0.0709. The van der Waals surface area contributed by atoms with Crippen molar-refractivity contribution in [2.75, 3.05) is 13.1 Å². The maximum atomic E-state index is 12.4. The minimum Gasteiger partial charge on any atom is -0.440 e. The highest BCUT2D eigenvalue weighted by atomic mass is 35.5. The van der Waals surface area contributed by atoms with Gasteiger partial charge in [0.05, 0.1) is 0 Å². The van der Waals surface area contributed by atoms with E-state index < -0.39 is 0 Å². The van der Waals surface area contributed by atoms with Crippen molar-refractivity contribution in [3.63, 3.8) is 0 Å². The van der Waals surface area contributed by atoms with Crippen LogP contribution >= 0.6 is 11.6 Å². The van der Waals surface area contributed by atoms with E-state index in [1.807, 2.05) is 4.90 Å². The smallest absolute Gasteiger partial charge is 0.289 e. The summed E-state index contributed by atoms with van der Waals surface area (Å²) in [7, 11) is 0. The lowest BCUT2D eigenvalue weighted by Gasteiger charge is -2.23. The predicted octanol–water partition coefficient (Wildman–Crippen LogP) is 4.47. The first kappa shape index (κ1) is 16.1. The fourth-order valence-electron chi connectivity index (χ4n) is 1.73. The number of rotatable bonds is 7. The molecular formula is C15H24ClNO2. The fourth-order valence-corrected chi connectivity index (χ4v) is 1.87. The summed E-state index contributed by atoms with van der Waals surface area (Å²) in [4.78, 5) is 14.2. The summed E-state index contributed by atoms with van der Waals surface area (Å²) in [6, 6.07) is 3.25. The van der Waals surface area contributed by atoms with E-state index in [0.29, 0.717) is 17.6 Å². The van der Waals surface area contributed by atoms with Crippen LogP contribution in [0.4, 0.5) is 0 Å². The Balaban J connectivity index is 2.68. The highest BCUT2D eigenvalue weighted by molar-refractivity contribution is 6.29. The first-order valence-electron chi connectivity index (χ1n) is 6.94. The number of halogens is 1. The zero-order valence-corrected chi connectivity index (χ0v) is 13.0. The number of amides is 1. The van der Waals surface area contributed by atoms with Gasteiger partial charge in [0, 0.05) is 13.1 Å². The van der Waals surface area contributed by atoms with Gasteiger partial charge in [0.2, 0.25) is 0 Å². The van der Waals surface area contributed by atoms with E-state index in [0.717, 1.165) is 25.9 Å². The Morgan fingerprint density at radius 1 is 1.16 bits per heavy atom. The van der Waals surface area contributed by atoms with Gasteiger partial charge in [0.25, 0.3) is 5.91 Å². The van der Waals surface area contributed by atoms with Crippen LogP contribution in [-0.4, -0.2) is 23.9 Å². The lowest BCUT2D eigenvalue weighted by Crippen LogP contribution is -2.33. The van der Waals surface area contributed by atoms with Gasteiger partial charge in [0.1, 0.15) is 0 Å². The molecule has 1 rings (SSSR count). The van der Waals surface area contributed by atoms with Crippen molar-refractivity contribution in [1.29, 1.82) is 0 Å². The minimum atomic E-state index is -0.0619. The average Bonchev–Trinajstić information content (AvgIpc) is 2.74. The predicted molar refractivity (Wildman–Crippen MR) is 78.5 cm³/mol. The minimum absolute atomic E-state index is 0.0619. The van der Waals surface area contributed by atoms with Gasteiger partial charge < -0.3 is 9.32 Å². The Labute approximate surface area is 120 Å². The maximum Gasteiger partial charge on any atom is 0.289 e. The van der Waals surface area contributed by atoms with E-state index in [4.69, 9.17) is 16.0 Å². The normalized spacial score (nSPS) is 11.3. The Kier molecular flexibility index (Phi) is 6.43. The zero-order chi connectivity index (χ0) is 14.4. The molecule has 0 bridgehead atoms. The molecule has 0 atom stereocenters. The van der Waals surface area contributed by atoms with Gasteiger partial charge in [-0.15, -0.1) is 0 Å². The van der Waals surface area contributed by atoms with E-state index in [2.05, 4.69) is 27.7 Å². The molecule has 4 heteroatoms. The van der Waals surface area contributed by atoms with Crippen LogP contribution in [0.25, 0.3) is 0 Å². The summed E-state index contributed by atoms with van der Waals surface area (Å²) in [5.74, 6) is 1.43. The second-order valence-electron chi connectivity index (χ2n) is 5.76. The van der Waals surface area contributed by atoms with Gasteiger partial charge >= 0.3 is 0 Å². The number of nitrogens with zero attached hydrogens (tertiary/aromatic N) is 1. The molecule has 0 spiro atoms. The van der Waals surface area contributed by atoms with Gasteiger partial charge in [-0.05, 0) is 48.4 Å². The summed E-state index contributed by atoms with van der Waals surface area (Å²) in [6.45, 7) is 10.2. The van der Waals surface area contributed by atoms with Crippen LogP contribution in [0.1, 0.15) is 51.1 Å². The zero-order valence-electron chi connectivity index (χ0n) is 12.3. The molecule has 0 aromatic carbocycles. The third-order valence-electron chi connectivity index (χ3n) is 3.02. The quantitative estimate of drug-likeness (QED) is 0.741. The van der Waals surface area contributed by atoms with Crippen molar-refractivity contribution in [3.05, 3.63) is 23.1 Å².